The normalized spacial score (nSPS) is 14.3. The Bertz CT molecular complexity index is 929. The maximum absolute atomic E-state index is 12.3. The summed E-state index contributed by atoms with van der Waals surface area (Å²) in [5.41, 5.74) is -1.50. The smallest absolute Gasteiger partial charge is 0.347 e. The van der Waals surface area contributed by atoms with Gasteiger partial charge in [0.25, 0.3) is 0 Å². The molecule has 0 fully saturated rings. The molecule has 1 unspecified atom stereocenters. The Morgan fingerprint density at radius 1 is 0.558 bits per heavy atom. The van der Waals surface area contributed by atoms with Gasteiger partial charge in [-0.05, 0) is 90.4 Å². The molecule has 0 aromatic rings. The number of carboxylic acids is 1. The van der Waals surface area contributed by atoms with Crippen molar-refractivity contribution in [3.8, 4) is 0 Å². The van der Waals surface area contributed by atoms with Gasteiger partial charge in [-0.1, -0.05) is 124 Å². The molecule has 1 atom stereocenters. The van der Waals surface area contributed by atoms with E-state index in [1.54, 1.807) is 0 Å². The summed E-state index contributed by atoms with van der Waals surface area (Å²) < 4.78 is 5.41. The fraction of sp³-hybridized carbons (Fsp3) is 0.538. The van der Waals surface area contributed by atoms with Crippen molar-refractivity contribution in [2.24, 2.45) is 0 Å². The molecular weight excluding hydrogens is 532 g/mol. The van der Waals surface area contributed by atoms with Crippen LogP contribution < -0.4 is 0 Å². The zero-order chi connectivity index (χ0) is 31.7. The highest BCUT2D eigenvalue weighted by Crippen LogP contribution is 2.20. The largest absolute Gasteiger partial charge is 0.478 e. The van der Waals surface area contributed by atoms with Crippen LogP contribution in [-0.2, 0) is 14.3 Å². The van der Waals surface area contributed by atoms with Crippen LogP contribution in [0.3, 0.4) is 0 Å². The number of carbonyl (C=O) groups is 2. The average Bonchev–Trinajstić information content (AvgIpc) is 2.98. The standard InChI is InChI=1S/C39H60O4/c1-4-6-8-10-12-14-16-18-20-22-24-26-28-30-32-34-36-39(3,38(41)42)43-37(40)35-33-31-29-27-25-23-21-19-17-15-13-11-9-7-5-2/h6,8,12-15,18-21,24-27,30,32H,4-5,7,9-11,16-17,22-23,28-29,31,33-36H2,1-3H3,(H,41,42)/b8-6-,14-12-,15-13-,20-18-,21-19-,26-24-,27-25-,32-30-. The maximum Gasteiger partial charge on any atom is 0.347 e. The average molecular weight is 593 g/mol. The van der Waals surface area contributed by atoms with E-state index in [9.17, 15) is 14.7 Å². The minimum atomic E-state index is -1.50. The second-order valence-corrected chi connectivity index (χ2v) is 10.9. The van der Waals surface area contributed by atoms with E-state index in [2.05, 4.69) is 98.9 Å². The number of ether oxygens (including phenoxy) is 1. The van der Waals surface area contributed by atoms with Crippen LogP contribution in [0, 0.1) is 0 Å². The fourth-order valence-corrected chi connectivity index (χ4v) is 4.05. The first-order chi connectivity index (χ1) is 21.0. The summed E-state index contributed by atoms with van der Waals surface area (Å²) in [4.78, 5) is 24.1. The summed E-state index contributed by atoms with van der Waals surface area (Å²) in [6, 6.07) is 0. The Labute approximate surface area is 263 Å². The number of allylic oxidation sites excluding steroid dienone is 16. The van der Waals surface area contributed by atoms with Crippen molar-refractivity contribution < 1.29 is 19.4 Å². The third-order valence-electron chi connectivity index (χ3n) is 6.76. The van der Waals surface area contributed by atoms with Crippen molar-refractivity contribution >= 4 is 11.9 Å². The lowest BCUT2D eigenvalue weighted by atomic mass is 9.99. The van der Waals surface area contributed by atoms with E-state index in [0.29, 0.717) is 12.8 Å². The lowest BCUT2D eigenvalue weighted by molar-refractivity contribution is -0.177. The first kappa shape index (κ1) is 39.9. The Hall–Kier alpha value is -3.14. The van der Waals surface area contributed by atoms with E-state index in [-0.39, 0.29) is 12.8 Å². The van der Waals surface area contributed by atoms with Gasteiger partial charge in [-0.3, -0.25) is 4.79 Å². The predicted molar refractivity (Wildman–Crippen MR) is 185 cm³/mol. The highest BCUT2D eigenvalue weighted by atomic mass is 16.6. The molecule has 0 radical (unpaired) electrons. The molecule has 240 valence electrons. The molecular formula is C39H60O4. The molecule has 0 aliphatic heterocycles. The van der Waals surface area contributed by atoms with Crippen LogP contribution in [0.15, 0.2) is 97.2 Å². The quantitative estimate of drug-likeness (QED) is 0.0585. The van der Waals surface area contributed by atoms with Crippen LogP contribution in [0.1, 0.15) is 130 Å². The maximum atomic E-state index is 12.3. The predicted octanol–water partition coefficient (Wildman–Crippen LogP) is 11.5. The molecule has 0 aromatic carbocycles. The van der Waals surface area contributed by atoms with Crippen LogP contribution in [0.4, 0.5) is 0 Å². The van der Waals surface area contributed by atoms with E-state index in [1.807, 2.05) is 12.2 Å². The highest BCUT2D eigenvalue weighted by molar-refractivity contribution is 5.81. The van der Waals surface area contributed by atoms with Crippen molar-refractivity contribution in [1.29, 1.82) is 0 Å². The second-order valence-electron chi connectivity index (χ2n) is 10.9. The van der Waals surface area contributed by atoms with Crippen LogP contribution in [0.2, 0.25) is 0 Å². The molecule has 4 heteroatoms. The van der Waals surface area contributed by atoms with Crippen LogP contribution in [-0.4, -0.2) is 22.6 Å². The number of carboxylic acid groups (broad SMARTS) is 1. The Morgan fingerprint density at radius 3 is 1.37 bits per heavy atom. The van der Waals surface area contributed by atoms with Crippen LogP contribution >= 0.6 is 0 Å². The molecule has 0 spiro atoms. The molecule has 0 amide bonds. The highest BCUT2D eigenvalue weighted by Gasteiger charge is 2.36. The minimum Gasteiger partial charge on any atom is -0.478 e. The topological polar surface area (TPSA) is 63.6 Å². The third kappa shape index (κ3) is 27.4. The third-order valence-corrected chi connectivity index (χ3v) is 6.76. The number of hydrogen-bond donors (Lipinski definition) is 1. The summed E-state index contributed by atoms with van der Waals surface area (Å²) in [5, 5.41) is 9.67. The first-order valence-corrected chi connectivity index (χ1v) is 16.6. The fourth-order valence-electron chi connectivity index (χ4n) is 4.05. The molecule has 0 aromatic heterocycles. The number of carbonyl (C=O) groups excluding carboxylic acids is 1. The summed E-state index contributed by atoms with van der Waals surface area (Å²) >= 11 is 0. The van der Waals surface area contributed by atoms with Gasteiger partial charge in [0.15, 0.2) is 0 Å². The van der Waals surface area contributed by atoms with Crippen molar-refractivity contribution in [2.45, 2.75) is 136 Å². The number of hydrogen-bond acceptors (Lipinski definition) is 3. The molecule has 0 aliphatic carbocycles. The van der Waals surface area contributed by atoms with E-state index in [0.717, 1.165) is 57.8 Å². The number of rotatable bonds is 27. The molecule has 0 heterocycles. The SMILES string of the molecule is CC/C=C\C/C=C\C/C=C\C/C=C\C/C=C\CCC(C)(OC(=O)CCCC/C=C\C/C=C\C/C=C\CCCCC)C(=O)O. The van der Waals surface area contributed by atoms with Gasteiger partial charge in [0.1, 0.15) is 0 Å². The number of esters is 1. The molecule has 0 saturated heterocycles. The zero-order valence-electron chi connectivity index (χ0n) is 27.4. The Kier molecular flexibility index (Phi) is 28.1. The second kappa shape index (κ2) is 30.3. The van der Waals surface area contributed by atoms with E-state index in [1.165, 1.54) is 32.6 Å². The van der Waals surface area contributed by atoms with Crippen LogP contribution in [0.5, 0.6) is 0 Å². The van der Waals surface area contributed by atoms with Crippen molar-refractivity contribution in [1.82, 2.24) is 0 Å². The summed E-state index contributed by atoms with van der Waals surface area (Å²) in [5.74, 6) is -1.54. The number of unbranched alkanes of at least 4 members (excludes halogenated alkanes) is 5. The van der Waals surface area contributed by atoms with Crippen molar-refractivity contribution in [3.63, 3.8) is 0 Å². The number of aliphatic carboxylic acids is 1. The van der Waals surface area contributed by atoms with Gasteiger partial charge in [-0.2, -0.15) is 0 Å². The van der Waals surface area contributed by atoms with Gasteiger partial charge >= 0.3 is 11.9 Å². The molecule has 4 nitrogen and oxygen atoms in total. The summed E-state index contributed by atoms with van der Waals surface area (Å²) in [6.07, 6.45) is 49.6. The van der Waals surface area contributed by atoms with E-state index < -0.39 is 17.5 Å². The van der Waals surface area contributed by atoms with Gasteiger partial charge in [0, 0.05) is 12.8 Å². The van der Waals surface area contributed by atoms with Crippen LogP contribution in [0.25, 0.3) is 0 Å². The van der Waals surface area contributed by atoms with Gasteiger partial charge in [0.2, 0.25) is 5.60 Å². The summed E-state index contributed by atoms with van der Waals surface area (Å²) in [7, 11) is 0. The molecule has 43 heavy (non-hydrogen) atoms. The summed E-state index contributed by atoms with van der Waals surface area (Å²) in [6.45, 7) is 5.85. The lowest BCUT2D eigenvalue weighted by Gasteiger charge is -2.24. The molecule has 0 saturated carbocycles. The van der Waals surface area contributed by atoms with Gasteiger partial charge < -0.3 is 9.84 Å². The Morgan fingerprint density at radius 2 is 0.953 bits per heavy atom. The van der Waals surface area contributed by atoms with Gasteiger partial charge in [-0.25, -0.2) is 4.79 Å². The van der Waals surface area contributed by atoms with Crippen molar-refractivity contribution in [3.05, 3.63) is 97.2 Å². The van der Waals surface area contributed by atoms with Gasteiger partial charge in [-0.15, -0.1) is 0 Å². The molecule has 0 aliphatic rings. The van der Waals surface area contributed by atoms with E-state index >= 15 is 0 Å². The lowest BCUT2D eigenvalue weighted by Crippen LogP contribution is -2.40. The Balaban J connectivity index is 4.05. The minimum absolute atomic E-state index is 0.239. The monoisotopic (exact) mass is 592 g/mol. The zero-order valence-corrected chi connectivity index (χ0v) is 27.4. The first-order valence-electron chi connectivity index (χ1n) is 16.6. The van der Waals surface area contributed by atoms with Crippen molar-refractivity contribution in [2.75, 3.05) is 0 Å². The van der Waals surface area contributed by atoms with E-state index in [4.69, 9.17) is 4.74 Å². The molecule has 0 rings (SSSR count). The molecule has 1 N–H and O–H groups in total. The molecule has 0 bridgehead atoms. The van der Waals surface area contributed by atoms with Gasteiger partial charge in [0.05, 0.1) is 0 Å².